The molecule has 4 rings (SSSR count). The van der Waals surface area contributed by atoms with Gasteiger partial charge in [0.1, 0.15) is 12.4 Å². The Bertz CT molecular complexity index is 1080. The van der Waals surface area contributed by atoms with Gasteiger partial charge in [-0.3, -0.25) is 0 Å². The molecule has 7 heteroatoms. The Morgan fingerprint density at radius 1 is 1.12 bits per heavy atom. The largest absolute Gasteiger partial charge is 0.486 e. The van der Waals surface area contributed by atoms with Gasteiger partial charge in [0.25, 0.3) is 0 Å². The molecule has 2 aromatic heterocycles. The van der Waals surface area contributed by atoms with Gasteiger partial charge in [-0.05, 0) is 30.4 Å². The molecule has 0 aliphatic rings. The molecule has 0 atom stereocenters. The van der Waals surface area contributed by atoms with Crippen LogP contribution in [-0.4, -0.2) is 26.1 Å². The van der Waals surface area contributed by atoms with Crippen molar-refractivity contribution in [2.75, 3.05) is 0 Å². The summed E-state index contributed by atoms with van der Waals surface area (Å²) in [6, 6.07) is 17.6. The fraction of sp³-hybridized carbons (Fsp3) is 0.0556. The molecule has 0 saturated heterocycles. The highest BCUT2D eigenvalue weighted by Crippen LogP contribution is 2.16. The molecule has 4 aromatic rings. The van der Waals surface area contributed by atoms with E-state index in [4.69, 9.17) is 17.0 Å². The van der Waals surface area contributed by atoms with Crippen LogP contribution in [0, 0.1) is 4.77 Å². The third-order valence-corrected chi connectivity index (χ3v) is 4.03. The predicted molar refractivity (Wildman–Crippen MR) is 99.5 cm³/mol. The summed E-state index contributed by atoms with van der Waals surface area (Å²) in [6.07, 6.45) is 3.67. The molecule has 0 amide bonds. The molecule has 0 saturated carbocycles. The van der Waals surface area contributed by atoms with Crippen LogP contribution >= 0.6 is 12.2 Å². The molecule has 0 bridgehead atoms. The first-order valence-electron chi connectivity index (χ1n) is 7.76. The first kappa shape index (κ1) is 15.3. The maximum absolute atomic E-state index is 5.72. The Kier molecular flexibility index (Phi) is 4.14. The van der Waals surface area contributed by atoms with Gasteiger partial charge in [0, 0.05) is 22.7 Å². The summed E-state index contributed by atoms with van der Waals surface area (Å²) in [7, 11) is 0. The highest BCUT2D eigenvalue weighted by molar-refractivity contribution is 7.71. The first-order valence-corrected chi connectivity index (χ1v) is 8.17. The number of ether oxygens (including phenoxy) is 1. The molecule has 6 nitrogen and oxygen atoms in total. The van der Waals surface area contributed by atoms with E-state index in [1.165, 1.54) is 0 Å². The molecule has 2 aromatic carbocycles. The van der Waals surface area contributed by atoms with Gasteiger partial charge in [0.05, 0.1) is 6.21 Å². The summed E-state index contributed by atoms with van der Waals surface area (Å²) in [6.45, 7) is 0.266. The third-order valence-electron chi connectivity index (χ3n) is 3.76. The highest BCUT2D eigenvalue weighted by atomic mass is 32.1. The summed E-state index contributed by atoms with van der Waals surface area (Å²) < 4.78 is 7.71. The van der Waals surface area contributed by atoms with E-state index >= 15 is 0 Å². The summed E-state index contributed by atoms with van der Waals surface area (Å²) in [4.78, 5) is 3.22. The minimum absolute atomic E-state index is 0.266. The van der Waals surface area contributed by atoms with Crippen molar-refractivity contribution in [1.82, 2.24) is 19.9 Å². The van der Waals surface area contributed by atoms with E-state index in [0.29, 0.717) is 10.6 Å². The number of rotatable bonds is 5. The molecular formula is C18H15N5OS. The minimum atomic E-state index is 0.266. The number of nitrogens with one attached hydrogen (secondary N) is 2. The standard InChI is InChI=1S/C18H15N5OS/c25-18-22-21-17(12-24-14-6-2-1-3-7-14)23(18)20-11-13-10-19-16-9-5-4-8-15(13)16/h1-11,19H,12H2,(H,22,25)/b20-11+. The van der Waals surface area contributed by atoms with Crippen LogP contribution in [0.4, 0.5) is 0 Å². The molecule has 0 fully saturated rings. The van der Waals surface area contributed by atoms with E-state index in [0.717, 1.165) is 22.2 Å². The number of fused-ring (bicyclic) bond motifs is 1. The Morgan fingerprint density at radius 2 is 1.92 bits per heavy atom. The van der Waals surface area contributed by atoms with Gasteiger partial charge in [0.15, 0.2) is 5.82 Å². The molecule has 2 heterocycles. The summed E-state index contributed by atoms with van der Waals surface area (Å²) in [5.41, 5.74) is 2.04. The van der Waals surface area contributed by atoms with E-state index < -0.39 is 0 Å². The lowest BCUT2D eigenvalue weighted by molar-refractivity contribution is 0.290. The van der Waals surface area contributed by atoms with Gasteiger partial charge >= 0.3 is 0 Å². The highest BCUT2D eigenvalue weighted by Gasteiger charge is 2.07. The topological polar surface area (TPSA) is 71.0 Å². The number of hydrogen-bond donors (Lipinski definition) is 2. The Morgan fingerprint density at radius 3 is 2.80 bits per heavy atom. The average molecular weight is 349 g/mol. The quantitative estimate of drug-likeness (QED) is 0.424. The molecule has 0 spiro atoms. The van der Waals surface area contributed by atoms with Crippen LogP contribution in [0.1, 0.15) is 11.4 Å². The molecule has 0 radical (unpaired) electrons. The minimum Gasteiger partial charge on any atom is -0.486 e. The van der Waals surface area contributed by atoms with Gasteiger partial charge < -0.3 is 9.72 Å². The number of nitrogens with zero attached hydrogens (tertiary/aromatic N) is 3. The lowest BCUT2D eigenvalue weighted by atomic mass is 10.2. The summed E-state index contributed by atoms with van der Waals surface area (Å²) in [5.74, 6) is 1.37. The van der Waals surface area contributed by atoms with E-state index in [9.17, 15) is 0 Å². The number of aromatic amines is 2. The maximum atomic E-state index is 5.72. The van der Waals surface area contributed by atoms with Gasteiger partial charge in [-0.1, -0.05) is 36.4 Å². The number of benzene rings is 2. The lowest BCUT2D eigenvalue weighted by Gasteiger charge is -2.04. The maximum Gasteiger partial charge on any atom is 0.216 e. The van der Waals surface area contributed by atoms with E-state index in [1.54, 1.807) is 10.9 Å². The second-order valence-corrected chi connectivity index (χ2v) is 5.78. The van der Waals surface area contributed by atoms with Gasteiger partial charge in [-0.2, -0.15) is 14.9 Å². The molecule has 2 N–H and O–H groups in total. The predicted octanol–water partition coefficient (Wildman–Crippen LogP) is 3.88. The van der Waals surface area contributed by atoms with Crippen molar-refractivity contribution in [3.05, 3.63) is 77.0 Å². The van der Waals surface area contributed by atoms with Crippen molar-refractivity contribution in [3.63, 3.8) is 0 Å². The summed E-state index contributed by atoms with van der Waals surface area (Å²) >= 11 is 5.26. The fourth-order valence-electron chi connectivity index (χ4n) is 2.52. The van der Waals surface area contributed by atoms with Crippen LogP contribution in [0.25, 0.3) is 10.9 Å². The Hall–Kier alpha value is -3.19. The lowest BCUT2D eigenvalue weighted by Crippen LogP contribution is -2.04. The number of H-pyrrole nitrogens is 2. The van der Waals surface area contributed by atoms with Crippen LogP contribution in [0.2, 0.25) is 0 Å². The summed E-state index contributed by atoms with van der Waals surface area (Å²) in [5, 5.41) is 12.5. The fourth-order valence-corrected chi connectivity index (χ4v) is 2.72. The van der Waals surface area contributed by atoms with Crippen LogP contribution in [0.3, 0.4) is 0 Å². The van der Waals surface area contributed by atoms with Gasteiger partial charge in [0.2, 0.25) is 4.77 Å². The zero-order chi connectivity index (χ0) is 17.1. The molecule has 124 valence electrons. The normalized spacial score (nSPS) is 11.4. The van der Waals surface area contributed by atoms with Crippen molar-refractivity contribution >= 4 is 29.3 Å². The first-order chi connectivity index (χ1) is 12.3. The van der Waals surface area contributed by atoms with Gasteiger partial charge in [-0.25, -0.2) is 5.10 Å². The number of aromatic nitrogens is 4. The Balaban J connectivity index is 1.58. The number of hydrogen-bond acceptors (Lipinski definition) is 4. The molecule has 0 aliphatic carbocycles. The van der Waals surface area contributed by atoms with Crippen molar-refractivity contribution in [1.29, 1.82) is 0 Å². The number of para-hydroxylation sites is 2. The van der Waals surface area contributed by atoms with Crippen molar-refractivity contribution in [2.45, 2.75) is 6.61 Å². The van der Waals surface area contributed by atoms with Crippen LogP contribution in [0.15, 0.2) is 65.9 Å². The third kappa shape index (κ3) is 3.22. The van der Waals surface area contributed by atoms with Crippen LogP contribution < -0.4 is 4.74 Å². The zero-order valence-electron chi connectivity index (χ0n) is 13.2. The molecule has 25 heavy (non-hydrogen) atoms. The van der Waals surface area contributed by atoms with E-state index in [-0.39, 0.29) is 6.61 Å². The second-order valence-electron chi connectivity index (χ2n) is 5.39. The monoisotopic (exact) mass is 349 g/mol. The SMILES string of the molecule is S=c1[nH]nc(COc2ccccc2)n1/N=C/c1c[nH]c2ccccc12. The molecular weight excluding hydrogens is 334 g/mol. The second kappa shape index (κ2) is 6.74. The average Bonchev–Trinajstić information content (AvgIpc) is 3.22. The Labute approximate surface area is 148 Å². The van der Waals surface area contributed by atoms with Crippen LogP contribution in [-0.2, 0) is 6.61 Å². The zero-order valence-corrected chi connectivity index (χ0v) is 14.0. The van der Waals surface area contributed by atoms with Gasteiger partial charge in [-0.15, -0.1) is 0 Å². The van der Waals surface area contributed by atoms with E-state index in [2.05, 4.69) is 20.3 Å². The van der Waals surface area contributed by atoms with Crippen molar-refractivity contribution in [3.8, 4) is 5.75 Å². The van der Waals surface area contributed by atoms with E-state index in [1.807, 2.05) is 60.8 Å². The smallest absolute Gasteiger partial charge is 0.216 e. The molecule has 0 unspecified atom stereocenters. The van der Waals surface area contributed by atoms with Crippen molar-refractivity contribution in [2.24, 2.45) is 5.10 Å². The van der Waals surface area contributed by atoms with Crippen molar-refractivity contribution < 1.29 is 4.74 Å². The molecule has 0 aliphatic heterocycles. The van der Waals surface area contributed by atoms with Crippen LogP contribution in [0.5, 0.6) is 5.75 Å².